The van der Waals surface area contributed by atoms with E-state index in [1.54, 1.807) is 0 Å². The summed E-state index contributed by atoms with van der Waals surface area (Å²) >= 11 is 0. The number of para-hydroxylation sites is 1. The summed E-state index contributed by atoms with van der Waals surface area (Å²) < 4.78 is 0. The molecular weight excluding hydrogens is 675 g/mol. The highest BCUT2D eigenvalue weighted by molar-refractivity contribution is 6.11. The quantitative estimate of drug-likeness (QED) is 0.159. The van der Waals surface area contributed by atoms with E-state index in [4.69, 9.17) is 0 Å². The van der Waals surface area contributed by atoms with Gasteiger partial charge in [0, 0.05) is 22.4 Å². The van der Waals surface area contributed by atoms with Crippen molar-refractivity contribution in [3.8, 4) is 55.6 Å². The zero-order chi connectivity index (χ0) is 37.6. The van der Waals surface area contributed by atoms with Gasteiger partial charge in [-0.3, -0.25) is 0 Å². The summed E-state index contributed by atoms with van der Waals surface area (Å²) in [6.07, 6.45) is 0. The summed E-state index contributed by atoms with van der Waals surface area (Å²) in [4.78, 5) is 2.44. The van der Waals surface area contributed by atoms with Crippen LogP contribution in [0.4, 0.5) is 17.1 Å². The molecule has 1 heteroatoms. The molecule has 0 aliphatic heterocycles. The molecule has 0 unspecified atom stereocenters. The molecule has 0 fully saturated rings. The molecule has 56 heavy (non-hydrogen) atoms. The molecule has 0 radical (unpaired) electrons. The summed E-state index contributed by atoms with van der Waals surface area (Å²) in [6.45, 7) is 4.83. The van der Waals surface area contributed by atoms with Crippen LogP contribution in [-0.4, -0.2) is 0 Å². The van der Waals surface area contributed by atoms with E-state index >= 15 is 0 Å². The molecule has 0 amide bonds. The van der Waals surface area contributed by atoms with E-state index in [9.17, 15) is 0 Å². The zero-order valence-electron chi connectivity index (χ0n) is 31.7. The Morgan fingerprint density at radius 2 is 0.839 bits per heavy atom. The molecule has 0 aromatic heterocycles. The van der Waals surface area contributed by atoms with E-state index in [-0.39, 0.29) is 5.41 Å². The number of anilines is 3. The van der Waals surface area contributed by atoms with Crippen LogP contribution in [0.5, 0.6) is 0 Å². The molecule has 9 aromatic rings. The number of nitrogens with zero attached hydrogens (tertiary/aromatic N) is 1. The summed E-state index contributed by atoms with van der Waals surface area (Å²) in [5, 5.41) is 2.58. The molecule has 1 nitrogen and oxygen atoms in total. The molecule has 0 saturated carbocycles. The standard InChI is InChI=1S/C55H41N/c1-55(2)50-28-15-23-42-31-34-51(56(46-24-13-6-14-25-46)47-32-29-41(30-33-47)38-17-7-3-8-18-38)53(52(42)50)49-27-16-26-48(54(49)55)45-36-43(39-19-9-4-10-20-39)35-44(37-45)40-21-11-5-12-22-40/h3-37H,1-2H3. The molecule has 266 valence electrons. The van der Waals surface area contributed by atoms with E-state index < -0.39 is 0 Å². The van der Waals surface area contributed by atoms with Crippen molar-refractivity contribution in [1.29, 1.82) is 0 Å². The lowest BCUT2D eigenvalue weighted by Crippen LogP contribution is -2.25. The molecule has 0 atom stereocenters. The van der Waals surface area contributed by atoms with Gasteiger partial charge in [0.15, 0.2) is 0 Å². The number of rotatable bonds is 7. The van der Waals surface area contributed by atoms with Gasteiger partial charge in [0.05, 0.1) is 5.69 Å². The highest BCUT2D eigenvalue weighted by Crippen LogP contribution is 2.56. The number of hydrogen-bond acceptors (Lipinski definition) is 1. The lowest BCUT2D eigenvalue weighted by Gasteiger charge is -2.39. The summed E-state index contributed by atoms with van der Waals surface area (Å²) in [5.41, 5.74) is 18.1. The SMILES string of the molecule is CC1(C)c2c(-c3cc(-c4ccccc4)cc(-c4ccccc4)c3)cccc2-c2c(N(c3ccccc3)c3ccc(-c4ccccc4)cc3)ccc3cccc1c23. The Bertz CT molecular complexity index is 2780. The first-order chi connectivity index (χ1) is 27.5. The Hall–Kier alpha value is -6.96. The van der Waals surface area contributed by atoms with Crippen molar-refractivity contribution in [3.63, 3.8) is 0 Å². The van der Waals surface area contributed by atoms with Crippen LogP contribution < -0.4 is 4.90 Å². The van der Waals surface area contributed by atoms with Crippen LogP contribution in [0, 0.1) is 0 Å². The van der Waals surface area contributed by atoms with Crippen LogP contribution in [0.15, 0.2) is 212 Å². The Kier molecular flexibility index (Phi) is 8.23. The Balaban J connectivity index is 1.23. The molecule has 0 N–H and O–H groups in total. The fourth-order valence-corrected chi connectivity index (χ4v) is 8.97. The lowest BCUT2D eigenvalue weighted by molar-refractivity contribution is 0.647. The van der Waals surface area contributed by atoms with Crippen LogP contribution in [-0.2, 0) is 5.41 Å². The van der Waals surface area contributed by atoms with Gasteiger partial charge in [0.2, 0.25) is 0 Å². The van der Waals surface area contributed by atoms with Gasteiger partial charge in [-0.05, 0) is 121 Å². The molecular formula is C55H41N. The van der Waals surface area contributed by atoms with Gasteiger partial charge in [-0.2, -0.15) is 0 Å². The molecule has 0 heterocycles. The topological polar surface area (TPSA) is 3.24 Å². The number of hydrogen-bond donors (Lipinski definition) is 0. The van der Waals surface area contributed by atoms with Crippen molar-refractivity contribution in [2.75, 3.05) is 4.90 Å². The van der Waals surface area contributed by atoms with Crippen LogP contribution in [0.3, 0.4) is 0 Å². The van der Waals surface area contributed by atoms with E-state index in [0.717, 1.165) is 11.4 Å². The minimum absolute atomic E-state index is 0.276. The predicted molar refractivity (Wildman–Crippen MR) is 238 cm³/mol. The third kappa shape index (κ3) is 5.72. The smallest absolute Gasteiger partial charge is 0.0546 e. The molecule has 0 spiro atoms. The Morgan fingerprint density at radius 3 is 1.45 bits per heavy atom. The first-order valence-electron chi connectivity index (χ1n) is 19.5. The third-order valence-corrected chi connectivity index (χ3v) is 11.6. The average molecular weight is 716 g/mol. The number of benzene rings is 9. The lowest BCUT2D eigenvalue weighted by atomic mass is 9.66. The van der Waals surface area contributed by atoms with Gasteiger partial charge in [-0.15, -0.1) is 0 Å². The zero-order valence-corrected chi connectivity index (χ0v) is 31.7. The summed E-state index contributed by atoms with van der Waals surface area (Å²) in [5.74, 6) is 0. The maximum Gasteiger partial charge on any atom is 0.0546 e. The van der Waals surface area contributed by atoms with Gasteiger partial charge in [-0.25, -0.2) is 0 Å². The molecule has 1 aliphatic rings. The van der Waals surface area contributed by atoms with E-state index in [1.807, 2.05) is 0 Å². The second kappa shape index (κ2) is 13.7. The van der Waals surface area contributed by atoms with Crippen molar-refractivity contribution in [3.05, 3.63) is 223 Å². The largest absolute Gasteiger partial charge is 0.310 e. The highest BCUT2D eigenvalue weighted by atomic mass is 15.1. The fourth-order valence-electron chi connectivity index (χ4n) is 8.97. The van der Waals surface area contributed by atoms with Crippen LogP contribution in [0.25, 0.3) is 66.4 Å². The Morgan fingerprint density at radius 1 is 0.357 bits per heavy atom. The molecule has 10 rings (SSSR count). The normalized spacial score (nSPS) is 12.6. The van der Waals surface area contributed by atoms with E-state index in [1.165, 1.54) is 83.2 Å². The average Bonchev–Trinajstić information content (AvgIpc) is 3.27. The van der Waals surface area contributed by atoms with Crippen LogP contribution in [0.2, 0.25) is 0 Å². The maximum absolute atomic E-state index is 2.44. The summed E-state index contributed by atoms with van der Waals surface area (Å²) in [6, 6.07) is 77.6. The van der Waals surface area contributed by atoms with Crippen molar-refractivity contribution in [1.82, 2.24) is 0 Å². The molecule has 1 aliphatic carbocycles. The molecule has 0 saturated heterocycles. The highest BCUT2D eigenvalue weighted by Gasteiger charge is 2.37. The molecule has 0 bridgehead atoms. The van der Waals surface area contributed by atoms with Crippen molar-refractivity contribution < 1.29 is 0 Å². The third-order valence-electron chi connectivity index (χ3n) is 11.6. The second-order valence-corrected chi connectivity index (χ2v) is 15.3. The Labute approximate surface area is 329 Å². The van der Waals surface area contributed by atoms with Gasteiger partial charge < -0.3 is 4.90 Å². The minimum atomic E-state index is -0.276. The molecule has 9 aromatic carbocycles. The predicted octanol–water partition coefficient (Wildman–Crippen LogP) is 15.3. The first kappa shape index (κ1) is 33.6. The minimum Gasteiger partial charge on any atom is -0.310 e. The summed E-state index contributed by atoms with van der Waals surface area (Å²) in [7, 11) is 0. The van der Waals surface area contributed by atoms with Gasteiger partial charge in [-0.1, -0.05) is 178 Å². The van der Waals surface area contributed by atoms with E-state index in [0.29, 0.717) is 0 Å². The van der Waals surface area contributed by atoms with Crippen molar-refractivity contribution >= 4 is 27.8 Å². The van der Waals surface area contributed by atoms with Crippen LogP contribution in [0.1, 0.15) is 25.0 Å². The van der Waals surface area contributed by atoms with Gasteiger partial charge >= 0.3 is 0 Å². The van der Waals surface area contributed by atoms with Crippen LogP contribution >= 0.6 is 0 Å². The maximum atomic E-state index is 2.44. The second-order valence-electron chi connectivity index (χ2n) is 15.3. The number of fused-ring (bicyclic) bond motifs is 2. The van der Waals surface area contributed by atoms with Crippen molar-refractivity contribution in [2.45, 2.75) is 19.3 Å². The first-order valence-corrected chi connectivity index (χ1v) is 19.5. The van der Waals surface area contributed by atoms with E-state index in [2.05, 4.69) is 231 Å². The van der Waals surface area contributed by atoms with Gasteiger partial charge in [0.1, 0.15) is 0 Å². The van der Waals surface area contributed by atoms with Gasteiger partial charge in [0.25, 0.3) is 0 Å². The van der Waals surface area contributed by atoms with Crippen molar-refractivity contribution in [2.24, 2.45) is 0 Å². The fraction of sp³-hybridized carbons (Fsp3) is 0.0545. The monoisotopic (exact) mass is 715 g/mol.